The molecule has 1 saturated heterocycles. The fourth-order valence-electron chi connectivity index (χ4n) is 2.87. The minimum absolute atomic E-state index is 0.239. The molecule has 2 aromatic rings. The Kier molecular flexibility index (Phi) is 4.46. The molecule has 0 radical (unpaired) electrons. The van der Waals surface area contributed by atoms with E-state index < -0.39 is 0 Å². The highest BCUT2D eigenvalue weighted by Crippen LogP contribution is 2.27. The standard InChI is InChI=1S/C16H24N6O2/c1-5-24-16(23)22-8-6-21(7-9-22)14-12-10-11(2)17-13(12)18-15(19-14)20(3)4/h10H,5-9H2,1-4H3,(H,17,18,19). The normalized spacial score (nSPS) is 15.0. The van der Waals surface area contributed by atoms with Gasteiger partial charge >= 0.3 is 6.09 Å². The van der Waals surface area contributed by atoms with E-state index in [4.69, 9.17) is 9.72 Å². The summed E-state index contributed by atoms with van der Waals surface area (Å²) in [5.74, 6) is 1.59. The maximum atomic E-state index is 11.8. The molecule has 1 amide bonds. The molecule has 8 nitrogen and oxygen atoms in total. The Balaban J connectivity index is 1.86. The molecule has 0 saturated carbocycles. The maximum Gasteiger partial charge on any atom is 0.409 e. The number of nitrogens with one attached hydrogen (secondary N) is 1. The number of amides is 1. The number of H-pyrrole nitrogens is 1. The highest BCUT2D eigenvalue weighted by Gasteiger charge is 2.25. The summed E-state index contributed by atoms with van der Waals surface area (Å²) in [5, 5.41) is 1.02. The minimum atomic E-state index is -0.239. The molecule has 3 rings (SSSR count). The third-order valence-corrected chi connectivity index (χ3v) is 4.10. The van der Waals surface area contributed by atoms with Crippen molar-refractivity contribution >= 4 is 28.9 Å². The predicted molar refractivity (Wildman–Crippen MR) is 93.8 cm³/mol. The molecule has 130 valence electrons. The zero-order valence-electron chi connectivity index (χ0n) is 14.7. The highest BCUT2D eigenvalue weighted by atomic mass is 16.6. The molecule has 1 aliphatic heterocycles. The second-order valence-corrected chi connectivity index (χ2v) is 6.13. The number of piperazine rings is 1. The van der Waals surface area contributed by atoms with Gasteiger partial charge in [0.05, 0.1) is 12.0 Å². The van der Waals surface area contributed by atoms with Gasteiger partial charge in [0.15, 0.2) is 0 Å². The van der Waals surface area contributed by atoms with Crippen molar-refractivity contribution in [1.29, 1.82) is 0 Å². The highest BCUT2D eigenvalue weighted by molar-refractivity contribution is 5.89. The topological polar surface area (TPSA) is 77.6 Å². The quantitative estimate of drug-likeness (QED) is 0.920. The lowest BCUT2D eigenvalue weighted by Gasteiger charge is -2.35. The number of aromatic amines is 1. The van der Waals surface area contributed by atoms with Gasteiger partial charge in [-0.2, -0.15) is 9.97 Å². The summed E-state index contributed by atoms with van der Waals surface area (Å²) < 4.78 is 5.08. The van der Waals surface area contributed by atoms with Gasteiger partial charge in [0.25, 0.3) is 0 Å². The molecule has 1 N–H and O–H groups in total. The molecule has 24 heavy (non-hydrogen) atoms. The first kappa shape index (κ1) is 16.4. The van der Waals surface area contributed by atoms with E-state index in [1.807, 2.05) is 32.8 Å². The van der Waals surface area contributed by atoms with Crippen LogP contribution >= 0.6 is 0 Å². The van der Waals surface area contributed by atoms with E-state index in [0.717, 1.165) is 35.6 Å². The lowest BCUT2D eigenvalue weighted by molar-refractivity contribution is 0.105. The molecule has 8 heteroatoms. The monoisotopic (exact) mass is 332 g/mol. The largest absolute Gasteiger partial charge is 0.450 e. The number of carbonyl (C=O) groups is 1. The van der Waals surface area contributed by atoms with Crippen molar-refractivity contribution in [2.24, 2.45) is 0 Å². The van der Waals surface area contributed by atoms with Crippen LogP contribution in [0.2, 0.25) is 0 Å². The van der Waals surface area contributed by atoms with Gasteiger partial charge in [-0.15, -0.1) is 0 Å². The van der Waals surface area contributed by atoms with Crippen LogP contribution in [0.4, 0.5) is 16.6 Å². The predicted octanol–water partition coefficient (Wildman–Crippen LogP) is 1.61. The van der Waals surface area contributed by atoms with Crippen LogP contribution in [0.25, 0.3) is 11.0 Å². The van der Waals surface area contributed by atoms with Crippen molar-refractivity contribution in [3.8, 4) is 0 Å². The lowest BCUT2D eigenvalue weighted by Crippen LogP contribution is -2.49. The Labute approximate surface area is 141 Å². The van der Waals surface area contributed by atoms with Crippen molar-refractivity contribution in [1.82, 2.24) is 19.9 Å². The number of ether oxygens (including phenoxy) is 1. The molecular weight excluding hydrogens is 308 g/mol. The van der Waals surface area contributed by atoms with Crippen molar-refractivity contribution < 1.29 is 9.53 Å². The van der Waals surface area contributed by atoms with E-state index in [1.54, 1.807) is 4.90 Å². The van der Waals surface area contributed by atoms with Crippen molar-refractivity contribution in [2.45, 2.75) is 13.8 Å². The fraction of sp³-hybridized carbons (Fsp3) is 0.562. The number of hydrogen-bond acceptors (Lipinski definition) is 6. The zero-order valence-corrected chi connectivity index (χ0v) is 14.7. The van der Waals surface area contributed by atoms with Gasteiger partial charge in [0, 0.05) is 46.0 Å². The van der Waals surface area contributed by atoms with Crippen LogP contribution in [0.3, 0.4) is 0 Å². The molecule has 2 aromatic heterocycles. The Morgan fingerprint density at radius 1 is 1.29 bits per heavy atom. The first-order valence-electron chi connectivity index (χ1n) is 8.21. The summed E-state index contributed by atoms with van der Waals surface area (Å²) in [6.45, 7) is 6.95. The average Bonchev–Trinajstić information content (AvgIpc) is 2.94. The van der Waals surface area contributed by atoms with Gasteiger partial charge in [-0.25, -0.2) is 4.79 Å². The first-order chi connectivity index (χ1) is 11.5. The molecule has 0 unspecified atom stereocenters. The fourth-order valence-corrected chi connectivity index (χ4v) is 2.87. The second kappa shape index (κ2) is 6.54. The molecule has 0 bridgehead atoms. The summed E-state index contributed by atoms with van der Waals surface area (Å²) in [4.78, 5) is 30.3. The number of nitrogens with zero attached hydrogens (tertiary/aromatic N) is 5. The average molecular weight is 332 g/mol. The van der Waals surface area contributed by atoms with E-state index in [1.165, 1.54) is 0 Å². The van der Waals surface area contributed by atoms with Gasteiger partial charge in [-0.3, -0.25) is 0 Å². The van der Waals surface area contributed by atoms with Gasteiger partial charge in [0.2, 0.25) is 5.95 Å². The first-order valence-corrected chi connectivity index (χ1v) is 8.21. The van der Waals surface area contributed by atoms with E-state index in [0.29, 0.717) is 25.6 Å². The Morgan fingerprint density at radius 3 is 2.62 bits per heavy atom. The Hall–Kier alpha value is -2.51. The minimum Gasteiger partial charge on any atom is -0.450 e. The van der Waals surface area contributed by atoms with E-state index in [-0.39, 0.29) is 6.09 Å². The number of rotatable bonds is 3. The number of aryl methyl sites for hydroxylation is 1. The van der Waals surface area contributed by atoms with Crippen molar-refractivity contribution in [3.63, 3.8) is 0 Å². The summed E-state index contributed by atoms with van der Waals surface area (Å²) in [6.07, 6.45) is -0.239. The van der Waals surface area contributed by atoms with E-state index in [9.17, 15) is 4.79 Å². The molecule has 1 fully saturated rings. The van der Waals surface area contributed by atoms with Gasteiger partial charge in [0.1, 0.15) is 11.5 Å². The molecular formula is C16H24N6O2. The molecule has 0 atom stereocenters. The lowest BCUT2D eigenvalue weighted by atomic mass is 10.2. The maximum absolute atomic E-state index is 11.8. The summed E-state index contributed by atoms with van der Waals surface area (Å²) in [6, 6.07) is 2.07. The van der Waals surface area contributed by atoms with Crippen LogP contribution in [0.15, 0.2) is 6.07 Å². The smallest absolute Gasteiger partial charge is 0.409 e. The van der Waals surface area contributed by atoms with Gasteiger partial charge in [-0.05, 0) is 19.9 Å². The molecule has 0 aliphatic carbocycles. The number of anilines is 2. The van der Waals surface area contributed by atoms with E-state index in [2.05, 4.69) is 20.9 Å². The molecule has 0 aromatic carbocycles. The summed E-state index contributed by atoms with van der Waals surface area (Å²) in [5.41, 5.74) is 1.90. The van der Waals surface area contributed by atoms with E-state index >= 15 is 0 Å². The van der Waals surface area contributed by atoms with Crippen LogP contribution in [-0.2, 0) is 4.74 Å². The number of aromatic nitrogens is 3. The van der Waals surface area contributed by atoms with Crippen molar-refractivity contribution in [2.75, 3.05) is 56.7 Å². The summed E-state index contributed by atoms with van der Waals surface area (Å²) in [7, 11) is 3.86. The molecule has 1 aliphatic rings. The summed E-state index contributed by atoms with van der Waals surface area (Å²) >= 11 is 0. The molecule has 3 heterocycles. The Bertz CT molecular complexity index is 733. The number of hydrogen-bond donors (Lipinski definition) is 1. The van der Waals surface area contributed by atoms with Crippen LogP contribution in [0.1, 0.15) is 12.6 Å². The van der Waals surface area contributed by atoms with Crippen molar-refractivity contribution in [3.05, 3.63) is 11.8 Å². The van der Waals surface area contributed by atoms with Crippen LogP contribution in [0, 0.1) is 6.92 Å². The Morgan fingerprint density at radius 2 is 2.00 bits per heavy atom. The van der Waals surface area contributed by atoms with Crippen LogP contribution < -0.4 is 9.80 Å². The third-order valence-electron chi connectivity index (χ3n) is 4.10. The third kappa shape index (κ3) is 3.08. The van der Waals surface area contributed by atoms with Crippen LogP contribution in [0.5, 0.6) is 0 Å². The van der Waals surface area contributed by atoms with Gasteiger partial charge in [-0.1, -0.05) is 0 Å². The zero-order chi connectivity index (χ0) is 17.3. The second-order valence-electron chi connectivity index (χ2n) is 6.13. The van der Waals surface area contributed by atoms with Crippen LogP contribution in [-0.4, -0.2) is 72.8 Å². The number of carbonyl (C=O) groups excluding carboxylic acids is 1. The SMILES string of the molecule is CCOC(=O)N1CCN(c2nc(N(C)C)nc3[nH]c(C)cc23)CC1. The molecule has 0 spiro atoms. The van der Waals surface area contributed by atoms with Gasteiger partial charge < -0.3 is 24.4 Å². The number of fused-ring (bicyclic) bond motifs is 1.